The van der Waals surface area contributed by atoms with E-state index in [1.807, 2.05) is 28.4 Å². The monoisotopic (exact) mass is 214 g/mol. The first kappa shape index (κ1) is 7.53. The SMILES string of the molecule is C=CC([TeH])C(C)C. The molecule has 7 heavy (non-hydrogen) atoms. The summed E-state index contributed by atoms with van der Waals surface area (Å²) >= 11 is 1.85. The van der Waals surface area contributed by atoms with E-state index in [2.05, 4.69) is 20.4 Å². The molecule has 0 aliphatic heterocycles. The van der Waals surface area contributed by atoms with Crippen LogP contribution in [0.5, 0.6) is 0 Å². The van der Waals surface area contributed by atoms with Crippen LogP contribution in [0.25, 0.3) is 0 Å². The molecule has 0 aromatic rings. The Morgan fingerprint density at radius 1 is 1.57 bits per heavy atom. The molecule has 1 heteroatoms. The number of rotatable bonds is 2. The standard InChI is InChI=1S/C6H12Te/c1-4-6(7)5(2)3/h4-7H,1H2,2-3H3. The first-order chi connectivity index (χ1) is 3.18. The van der Waals surface area contributed by atoms with Gasteiger partial charge in [0.05, 0.1) is 0 Å². The molecule has 0 spiro atoms. The fourth-order valence-corrected chi connectivity index (χ4v) is 0.272. The van der Waals surface area contributed by atoms with E-state index in [0.29, 0.717) is 3.97 Å². The van der Waals surface area contributed by atoms with Gasteiger partial charge in [0.2, 0.25) is 0 Å². The zero-order valence-electron chi connectivity index (χ0n) is 4.89. The second-order valence-electron chi connectivity index (χ2n) is 1.97. The van der Waals surface area contributed by atoms with Gasteiger partial charge in [-0.2, -0.15) is 0 Å². The summed E-state index contributed by atoms with van der Waals surface area (Å²) in [6, 6.07) is 0. The predicted octanol–water partition coefficient (Wildman–Crippen LogP) is 1.52. The van der Waals surface area contributed by atoms with Gasteiger partial charge in [-0.1, -0.05) is 0 Å². The Labute approximate surface area is 58.9 Å². The summed E-state index contributed by atoms with van der Waals surface area (Å²) in [6.45, 7) is 8.12. The molecule has 0 aliphatic carbocycles. The van der Waals surface area contributed by atoms with Crippen molar-refractivity contribution in [1.82, 2.24) is 0 Å². The zero-order valence-corrected chi connectivity index (χ0v) is 7.44. The van der Waals surface area contributed by atoms with Crippen molar-refractivity contribution >= 4 is 22.3 Å². The molecule has 0 aromatic carbocycles. The maximum absolute atomic E-state index is 3.69. The summed E-state index contributed by atoms with van der Waals surface area (Å²) in [5.74, 6) is 0.770. The van der Waals surface area contributed by atoms with Gasteiger partial charge < -0.3 is 0 Å². The molecule has 0 radical (unpaired) electrons. The van der Waals surface area contributed by atoms with Crippen molar-refractivity contribution < 1.29 is 0 Å². The molecule has 0 aromatic heterocycles. The van der Waals surface area contributed by atoms with Gasteiger partial charge in [-0.25, -0.2) is 0 Å². The van der Waals surface area contributed by atoms with Crippen molar-refractivity contribution in [3.05, 3.63) is 12.7 Å². The molecule has 0 amide bonds. The first-order valence-corrected chi connectivity index (χ1v) is 3.96. The van der Waals surface area contributed by atoms with Gasteiger partial charge in [0.1, 0.15) is 0 Å². The van der Waals surface area contributed by atoms with Crippen LogP contribution in [0.2, 0.25) is 3.97 Å². The van der Waals surface area contributed by atoms with Gasteiger partial charge in [-0.15, -0.1) is 0 Å². The van der Waals surface area contributed by atoms with E-state index >= 15 is 0 Å². The Bertz CT molecular complexity index is 57.2. The summed E-state index contributed by atoms with van der Waals surface area (Å²) < 4.78 is 0.717. The van der Waals surface area contributed by atoms with Crippen molar-refractivity contribution in [2.24, 2.45) is 5.92 Å². The van der Waals surface area contributed by atoms with Crippen LogP contribution in [-0.4, -0.2) is 22.3 Å². The molecule has 0 saturated carbocycles. The molecular weight excluding hydrogens is 200 g/mol. The van der Waals surface area contributed by atoms with Gasteiger partial charge in [-0.05, 0) is 0 Å². The first-order valence-electron chi connectivity index (χ1n) is 2.49. The Morgan fingerprint density at radius 3 is 2.00 bits per heavy atom. The molecule has 0 bridgehead atoms. The van der Waals surface area contributed by atoms with E-state index in [4.69, 9.17) is 0 Å². The fraction of sp³-hybridized carbons (Fsp3) is 0.667. The Kier molecular flexibility index (Phi) is 3.79. The van der Waals surface area contributed by atoms with Crippen LogP contribution >= 0.6 is 0 Å². The minimum atomic E-state index is 0.717. The molecule has 0 nitrogen and oxygen atoms in total. The van der Waals surface area contributed by atoms with Crippen LogP contribution in [0.3, 0.4) is 0 Å². The number of allylic oxidation sites excluding steroid dienone is 1. The third-order valence-corrected chi connectivity index (χ3v) is 3.23. The molecule has 1 atom stereocenters. The van der Waals surface area contributed by atoms with Crippen molar-refractivity contribution in [1.29, 1.82) is 0 Å². The summed E-state index contributed by atoms with van der Waals surface area (Å²) in [7, 11) is 0. The molecular formula is C6H12Te. The van der Waals surface area contributed by atoms with Crippen molar-refractivity contribution in [2.45, 2.75) is 17.8 Å². The predicted molar refractivity (Wildman–Crippen MR) is 35.9 cm³/mol. The molecule has 0 fully saturated rings. The normalized spacial score (nSPS) is 14.3. The van der Waals surface area contributed by atoms with Gasteiger partial charge in [0, 0.05) is 0 Å². The average molecular weight is 212 g/mol. The molecule has 0 rings (SSSR count). The summed E-state index contributed by atoms with van der Waals surface area (Å²) in [5, 5.41) is 0. The molecule has 0 N–H and O–H groups in total. The van der Waals surface area contributed by atoms with Gasteiger partial charge in [-0.3, -0.25) is 0 Å². The van der Waals surface area contributed by atoms with Gasteiger partial charge >= 0.3 is 58.7 Å². The van der Waals surface area contributed by atoms with Gasteiger partial charge in [0.15, 0.2) is 0 Å². The van der Waals surface area contributed by atoms with Gasteiger partial charge in [0.25, 0.3) is 0 Å². The van der Waals surface area contributed by atoms with Crippen LogP contribution in [0.4, 0.5) is 0 Å². The Balaban J connectivity index is 3.33. The van der Waals surface area contributed by atoms with Crippen LogP contribution < -0.4 is 0 Å². The molecule has 0 saturated heterocycles. The van der Waals surface area contributed by atoms with E-state index in [1.54, 1.807) is 0 Å². The Morgan fingerprint density at radius 2 is 2.00 bits per heavy atom. The van der Waals surface area contributed by atoms with Crippen LogP contribution in [0.1, 0.15) is 13.8 Å². The quantitative estimate of drug-likeness (QED) is 0.480. The van der Waals surface area contributed by atoms with E-state index in [-0.39, 0.29) is 0 Å². The minimum absolute atomic E-state index is 0.717. The molecule has 0 heterocycles. The summed E-state index contributed by atoms with van der Waals surface area (Å²) in [4.78, 5) is 0. The zero-order chi connectivity index (χ0) is 5.86. The van der Waals surface area contributed by atoms with Crippen molar-refractivity contribution in [3.8, 4) is 0 Å². The average Bonchev–Trinajstić information content (AvgIpc) is 1.65. The molecule has 42 valence electrons. The second-order valence-corrected chi connectivity index (χ2v) is 3.67. The molecule has 0 aliphatic rings. The van der Waals surface area contributed by atoms with Crippen LogP contribution in [-0.2, 0) is 0 Å². The third kappa shape index (κ3) is 3.14. The van der Waals surface area contributed by atoms with E-state index in [9.17, 15) is 0 Å². The maximum atomic E-state index is 3.69. The Hall–Kier alpha value is 0.530. The fourth-order valence-electron chi connectivity index (χ4n) is 0.272. The van der Waals surface area contributed by atoms with Crippen LogP contribution in [0, 0.1) is 5.92 Å². The molecule has 1 unspecified atom stereocenters. The number of hydrogen-bond acceptors (Lipinski definition) is 0. The number of hydrogen-bond donors (Lipinski definition) is 0. The summed E-state index contributed by atoms with van der Waals surface area (Å²) in [6.07, 6.45) is 2.01. The van der Waals surface area contributed by atoms with Crippen molar-refractivity contribution in [3.63, 3.8) is 0 Å². The van der Waals surface area contributed by atoms with Crippen LogP contribution in [0.15, 0.2) is 12.7 Å². The van der Waals surface area contributed by atoms with E-state index in [0.717, 1.165) is 5.92 Å². The van der Waals surface area contributed by atoms with E-state index < -0.39 is 0 Å². The van der Waals surface area contributed by atoms with Crippen molar-refractivity contribution in [2.75, 3.05) is 0 Å². The summed E-state index contributed by atoms with van der Waals surface area (Å²) in [5.41, 5.74) is 0. The third-order valence-electron chi connectivity index (χ3n) is 0.925. The topological polar surface area (TPSA) is 0 Å². The second kappa shape index (κ2) is 3.52. The van der Waals surface area contributed by atoms with E-state index in [1.165, 1.54) is 0 Å².